The summed E-state index contributed by atoms with van der Waals surface area (Å²) >= 11 is 1.23. The van der Waals surface area contributed by atoms with E-state index in [1.807, 2.05) is 19.1 Å². The topological polar surface area (TPSA) is 139 Å². The molecule has 0 aliphatic heterocycles. The number of hydrogen-bond donors (Lipinski definition) is 0. The fourth-order valence-electron chi connectivity index (χ4n) is 2.93. The van der Waals surface area contributed by atoms with E-state index in [0.717, 1.165) is 28.4 Å². The lowest BCUT2D eigenvalue weighted by Crippen LogP contribution is -2.19. The minimum Gasteiger partial charge on any atom is -0.492 e. The second-order valence-corrected chi connectivity index (χ2v) is 7.24. The van der Waals surface area contributed by atoms with Gasteiger partial charge >= 0.3 is 0 Å². The molecule has 0 aliphatic carbocycles. The largest absolute Gasteiger partial charge is 0.492 e. The first kappa shape index (κ1) is 22.1. The van der Waals surface area contributed by atoms with Crippen molar-refractivity contribution in [2.24, 2.45) is 4.99 Å². The van der Waals surface area contributed by atoms with Crippen molar-refractivity contribution in [2.45, 2.75) is 13.5 Å². The summed E-state index contributed by atoms with van der Waals surface area (Å²) in [5.74, 6) is -0.213. The fourth-order valence-corrected chi connectivity index (χ4v) is 4.00. The molecular weight excluding hydrogens is 428 g/mol. The summed E-state index contributed by atoms with van der Waals surface area (Å²) in [6, 6.07) is 8.21. The zero-order valence-corrected chi connectivity index (χ0v) is 17.5. The first-order chi connectivity index (χ1) is 14.8. The van der Waals surface area contributed by atoms with E-state index in [0.29, 0.717) is 30.3 Å². The van der Waals surface area contributed by atoms with E-state index < -0.39 is 27.1 Å². The Kier molecular flexibility index (Phi) is 6.72. The molecule has 1 amide bonds. The standard InChI is InChI=1S/C19H18N4O7S/c1-3-30-15-5-4-6-16-17(15)21(7-8-29-2)19(31-16)20-18(24)12-9-13(22(25)26)11-14(10-12)23(27)28/h4-6,9-11H,3,7-8H2,1-2H3. The maximum Gasteiger partial charge on any atom is 0.280 e. The van der Waals surface area contributed by atoms with E-state index in [1.54, 1.807) is 17.7 Å². The van der Waals surface area contributed by atoms with Crippen LogP contribution in [0, 0.1) is 20.2 Å². The minimum absolute atomic E-state index is 0.248. The number of para-hydroxylation sites is 1. The lowest BCUT2D eigenvalue weighted by atomic mass is 10.1. The molecule has 0 radical (unpaired) electrons. The van der Waals surface area contributed by atoms with Crippen LogP contribution in [-0.2, 0) is 11.3 Å². The first-order valence-electron chi connectivity index (χ1n) is 9.12. The number of nitrogens with zero attached hydrogens (tertiary/aromatic N) is 4. The van der Waals surface area contributed by atoms with Crippen molar-refractivity contribution in [3.63, 3.8) is 0 Å². The summed E-state index contributed by atoms with van der Waals surface area (Å²) in [5, 5.41) is 22.2. The van der Waals surface area contributed by atoms with Crippen molar-refractivity contribution in [1.82, 2.24) is 4.57 Å². The van der Waals surface area contributed by atoms with Gasteiger partial charge in [0, 0.05) is 25.8 Å². The predicted octanol–water partition coefficient (Wildman–Crippen LogP) is 3.31. The molecule has 0 fully saturated rings. The molecule has 0 saturated carbocycles. The number of amides is 1. The molecular formula is C19H18N4O7S. The van der Waals surface area contributed by atoms with Gasteiger partial charge in [-0.3, -0.25) is 25.0 Å². The number of aromatic nitrogens is 1. The van der Waals surface area contributed by atoms with Gasteiger partial charge in [-0.15, -0.1) is 0 Å². The van der Waals surface area contributed by atoms with Crippen LogP contribution in [0.25, 0.3) is 10.2 Å². The van der Waals surface area contributed by atoms with Crippen molar-refractivity contribution in [3.8, 4) is 5.75 Å². The maximum absolute atomic E-state index is 12.8. The molecule has 0 aliphatic rings. The SMILES string of the molecule is CCOc1cccc2sc(=NC(=O)c3cc([N+](=O)[O-])cc([N+](=O)[O-])c3)n(CCOC)c12. The number of non-ortho nitro benzene ring substituents is 2. The predicted molar refractivity (Wildman–Crippen MR) is 113 cm³/mol. The molecule has 1 heterocycles. The Labute approximate surface area is 179 Å². The fraction of sp³-hybridized carbons (Fsp3) is 0.263. The normalized spacial score (nSPS) is 11.6. The quantitative estimate of drug-likeness (QED) is 0.382. The summed E-state index contributed by atoms with van der Waals surface area (Å²) < 4.78 is 13.4. The van der Waals surface area contributed by atoms with E-state index in [4.69, 9.17) is 9.47 Å². The smallest absolute Gasteiger partial charge is 0.280 e. The van der Waals surface area contributed by atoms with Crippen LogP contribution < -0.4 is 9.54 Å². The number of nitro groups is 2. The van der Waals surface area contributed by atoms with Gasteiger partial charge in [0.05, 0.1) is 39.4 Å². The van der Waals surface area contributed by atoms with Crippen LogP contribution in [0.5, 0.6) is 5.75 Å². The number of ether oxygens (including phenoxy) is 2. The maximum atomic E-state index is 12.8. The molecule has 0 N–H and O–H groups in total. The highest BCUT2D eigenvalue weighted by Crippen LogP contribution is 2.28. The molecule has 31 heavy (non-hydrogen) atoms. The van der Waals surface area contributed by atoms with Crippen LogP contribution >= 0.6 is 11.3 Å². The summed E-state index contributed by atoms with van der Waals surface area (Å²) in [4.78, 5) is 37.8. The summed E-state index contributed by atoms with van der Waals surface area (Å²) in [5.41, 5.74) is -0.630. The van der Waals surface area contributed by atoms with Crippen LogP contribution in [0.15, 0.2) is 41.4 Å². The first-order valence-corrected chi connectivity index (χ1v) is 9.94. The average molecular weight is 446 g/mol. The summed E-state index contributed by atoms with van der Waals surface area (Å²) in [6.07, 6.45) is 0. The van der Waals surface area contributed by atoms with Gasteiger partial charge in [0.2, 0.25) is 0 Å². The Bertz CT molecular complexity index is 1200. The number of methoxy groups -OCH3 is 1. The van der Waals surface area contributed by atoms with Crippen LogP contribution in [-0.4, -0.2) is 40.6 Å². The third-order valence-electron chi connectivity index (χ3n) is 4.25. The van der Waals surface area contributed by atoms with Gasteiger partial charge in [0.15, 0.2) is 4.80 Å². The molecule has 0 atom stereocenters. The number of thiazole rings is 1. The van der Waals surface area contributed by atoms with Gasteiger partial charge < -0.3 is 14.0 Å². The molecule has 11 nitrogen and oxygen atoms in total. The highest BCUT2D eigenvalue weighted by molar-refractivity contribution is 7.16. The third-order valence-corrected chi connectivity index (χ3v) is 5.29. The molecule has 0 bridgehead atoms. The molecule has 162 valence electrons. The minimum atomic E-state index is -0.831. The Balaban J connectivity index is 2.18. The van der Waals surface area contributed by atoms with E-state index in [1.165, 1.54) is 11.3 Å². The lowest BCUT2D eigenvalue weighted by molar-refractivity contribution is -0.394. The highest BCUT2D eigenvalue weighted by Gasteiger charge is 2.20. The summed E-state index contributed by atoms with van der Waals surface area (Å²) in [7, 11) is 1.54. The second-order valence-electron chi connectivity index (χ2n) is 6.23. The number of rotatable bonds is 8. The average Bonchev–Trinajstić information content (AvgIpc) is 3.09. The molecule has 2 aromatic carbocycles. The van der Waals surface area contributed by atoms with Crippen molar-refractivity contribution in [2.75, 3.05) is 20.3 Å². The van der Waals surface area contributed by atoms with Crippen LogP contribution in [0.4, 0.5) is 11.4 Å². The van der Waals surface area contributed by atoms with Crippen LogP contribution in [0.3, 0.4) is 0 Å². The Morgan fingerprint density at radius 3 is 2.42 bits per heavy atom. The molecule has 1 aromatic heterocycles. The molecule has 0 unspecified atom stereocenters. The zero-order chi connectivity index (χ0) is 22.5. The van der Waals surface area contributed by atoms with E-state index in [-0.39, 0.29) is 5.56 Å². The van der Waals surface area contributed by atoms with Gasteiger partial charge in [-0.2, -0.15) is 4.99 Å². The number of hydrogen-bond acceptors (Lipinski definition) is 8. The van der Waals surface area contributed by atoms with Crippen LogP contribution in [0.2, 0.25) is 0 Å². The number of fused-ring (bicyclic) bond motifs is 1. The van der Waals surface area contributed by atoms with Crippen LogP contribution in [0.1, 0.15) is 17.3 Å². The second kappa shape index (κ2) is 9.45. The number of carbonyl (C=O) groups is 1. The molecule has 0 saturated heterocycles. The summed E-state index contributed by atoms with van der Waals surface area (Å²) in [6.45, 7) is 3.02. The Morgan fingerprint density at radius 2 is 1.84 bits per heavy atom. The van der Waals surface area contributed by atoms with Gasteiger partial charge in [-0.25, -0.2) is 0 Å². The van der Waals surface area contributed by atoms with Gasteiger partial charge in [-0.05, 0) is 19.1 Å². The van der Waals surface area contributed by atoms with Gasteiger partial charge in [0.1, 0.15) is 11.3 Å². The number of benzene rings is 2. The molecule has 12 heteroatoms. The molecule has 3 rings (SSSR count). The van der Waals surface area contributed by atoms with Crippen molar-refractivity contribution >= 4 is 38.8 Å². The third kappa shape index (κ3) is 4.75. The highest BCUT2D eigenvalue weighted by atomic mass is 32.1. The van der Waals surface area contributed by atoms with Crippen molar-refractivity contribution < 1.29 is 24.1 Å². The molecule has 3 aromatic rings. The Hall–Kier alpha value is -3.64. The van der Waals surface area contributed by atoms with E-state index in [2.05, 4.69) is 4.99 Å². The number of nitro benzene ring substituents is 2. The van der Waals surface area contributed by atoms with Crippen molar-refractivity contribution in [1.29, 1.82) is 0 Å². The van der Waals surface area contributed by atoms with Gasteiger partial charge in [0.25, 0.3) is 17.3 Å². The zero-order valence-electron chi connectivity index (χ0n) is 16.6. The molecule has 0 spiro atoms. The van der Waals surface area contributed by atoms with Gasteiger partial charge in [-0.1, -0.05) is 17.4 Å². The van der Waals surface area contributed by atoms with E-state index in [9.17, 15) is 25.0 Å². The number of carbonyl (C=O) groups excluding carboxylic acids is 1. The van der Waals surface area contributed by atoms with Crippen molar-refractivity contribution in [3.05, 3.63) is 67.0 Å². The van der Waals surface area contributed by atoms with E-state index >= 15 is 0 Å². The Morgan fingerprint density at radius 1 is 1.16 bits per heavy atom. The lowest BCUT2D eigenvalue weighted by Gasteiger charge is -2.09. The monoisotopic (exact) mass is 446 g/mol.